The number of para-hydroxylation sites is 1. The monoisotopic (exact) mass is 367 g/mol. The number of aromatic carboxylic acids is 1. The summed E-state index contributed by atoms with van der Waals surface area (Å²) in [6.07, 6.45) is 0. The fraction of sp³-hybridized carbons (Fsp3) is 0. The molecule has 0 atom stereocenters. The Balaban J connectivity index is 2.45. The molecule has 0 bridgehead atoms. The Morgan fingerprint density at radius 1 is 1.29 bits per heavy atom. The van der Waals surface area contributed by atoms with Crippen LogP contribution in [0.2, 0.25) is 8.67 Å². The quantitative estimate of drug-likeness (QED) is 0.719. The molecular formula is C11H7Cl2NO5S2. The van der Waals surface area contributed by atoms with Crippen molar-refractivity contribution in [3.63, 3.8) is 0 Å². The third-order valence-electron chi connectivity index (χ3n) is 2.43. The van der Waals surface area contributed by atoms with Gasteiger partial charge in [0.1, 0.15) is 14.8 Å². The lowest BCUT2D eigenvalue weighted by Gasteiger charge is -2.10. The molecule has 1 aromatic heterocycles. The third kappa shape index (κ3) is 3.24. The zero-order valence-corrected chi connectivity index (χ0v) is 13.1. The summed E-state index contributed by atoms with van der Waals surface area (Å²) in [6, 6.07) is 4.82. The number of phenols is 1. The zero-order chi connectivity index (χ0) is 15.8. The lowest BCUT2D eigenvalue weighted by atomic mass is 10.2. The predicted octanol–water partition coefficient (Wildman–Crippen LogP) is 3.26. The van der Waals surface area contributed by atoms with Crippen LogP contribution in [-0.2, 0) is 10.0 Å². The highest BCUT2D eigenvalue weighted by Gasteiger charge is 2.23. The highest BCUT2D eigenvalue weighted by Crippen LogP contribution is 2.36. The van der Waals surface area contributed by atoms with E-state index >= 15 is 0 Å². The Bertz CT molecular complexity index is 816. The highest BCUT2D eigenvalue weighted by molar-refractivity contribution is 7.93. The van der Waals surface area contributed by atoms with Crippen LogP contribution in [0.5, 0.6) is 5.75 Å². The van der Waals surface area contributed by atoms with Crippen LogP contribution in [0.15, 0.2) is 29.2 Å². The summed E-state index contributed by atoms with van der Waals surface area (Å²) in [7, 11) is -4.10. The van der Waals surface area contributed by atoms with Crippen molar-refractivity contribution in [2.75, 3.05) is 4.72 Å². The third-order valence-corrected chi connectivity index (χ3v) is 5.54. The maximum atomic E-state index is 12.2. The molecule has 0 amide bonds. The molecule has 6 nitrogen and oxygen atoms in total. The van der Waals surface area contributed by atoms with Crippen molar-refractivity contribution in [2.45, 2.75) is 4.90 Å². The van der Waals surface area contributed by atoms with E-state index in [1.807, 2.05) is 0 Å². The summed E-state index contributed by atoms with van der Waals surface area (Å²) in [5.74, 6) is -2.07. The minimum Gasteiger partial charge on any atom is -0.505 e. The van der Waals surface area contributed by atoms with E-state index in [1.54, 1.807) is 0 Å². The zero-order valence-electron chi connectivity index (χ0n) is 10.0. The SMILES string of the molecule is O=C(O)c1cccc(NS(=O)(=O)c2cc(Cl)sc2Cl)c1O. The number of carbonyl (C=O) groups is 1. The number of anilines is 1. The van der Waals surface area contributed by atoms with E-state index in [2.05, 4.69) is 4.72 Å². The van der Waals surface area contributed by atoms with Gasteiger partial charge in [0.25, 0.3) is 10.0 Å². The van der Waals surface area contributed by atoms with Gasteiger partial charge >= 0.3 is 5.97 Å². The molecule has 21 heavy (non-hydrogen) atoms. The molecule has 2 aromatic rings. The van der Waals surface area contributed by atoms with E-state index in [1.165, 1.54) is 12.1 Å². The second-order valence-corrected chi connectivity index (χ2v) is 7.74. The van der Waals surface area contributed by atoms with Gasteiger partial charge in [-0.2, -0.15) is 0 Å². The number of halogens is 2. The van der Waals surface area contributed by atoms with Gasteiger partial charge in [-0.3, -0.25) is 4.72 Å². The molecular weight excluding hydrogens is 361 g/mol. The molecule has 0 saturated heterocycles. The molecule has 2 rings (SSSR count). The van der Waals surface area contributed by atoms with Gasteiger partial charge in [0.2, 0.25) is 0 Å². The Hall–Kier alpha value is -1.48. The molecule has 0 fully saturated rings. The topological polar surface area (TPSA) is 104 Å². The lowest BCUT2D eigenvalue weighted by molar-refractivity contribution is 0.0694. The second-order valence-electron chi connectivity index (χ2n) is 3.80. The van der Waals surface area contributed by atoms with Gasteiger partial charge in [-0.25, -0.2) is 13.2 Å². The summed E-state index contributed by atoms with van der Waals surface area (Å²) < 4.78 is 26.5. The minimum absolute atomic E-state index is 0.0404. The van der Waals surface area contributed by atoms with Crippen LogP contribution in [0, 0.1) is 0 Å². The van der Waals surface area contributed by atoms with Crippen molar-refractivity contribution in [1.29, 1.82) is 0 Å². The van der Waals surface area contributed by atoms with Crippen molar-refractivity contribution in [2.24, 2.45) is 0 Å². The Kier molecular flexibility index (Phi) is 4.33. The summed E-state index contributed by atoms with van der Waals surface area (Å²) in [5, 5.41) is 18.7. The normalized spacial score (nSPS) is 11.3. The number of thiophene rings is 1. The largest absolute Gasteiger partial charge is 0.505 e. The van der Waals surface area contributed by atoms with Gasteiger partial charge in [0, 0.05) is 0 Å². The Labute approximate surface area is 133 Å². The number of hydrogen-bond acceptors (Lipinski definition) is 5. The molecule has 0 aliphatic carbocycles. The summed E-state index contributed by atoms with van der Waals surface area (Å²) in [4.78, 5) is 10.6. The molecule has 0 spiro atoms. The fourth-order valence-corrected chi connectivity index (χ4v) is 4.72. The first-order valence-electron chi connectivity index (χ1n) is 5.25. The van der Waals surface area contributed by atoms with E-state index in [4.69, 9.17) is 28.3 Å². The van der Waals surface area contributed by atoms with Gasteiger partial charge in [0.05, 0.1) is 10.0 Å². The van der Waals surface area contributed by atoms with Crippen LogP contribution in [0.3, 0.4) is 0 Å². The number of nitrogens with one attached hydrogen (secondary N) is 1. The van der Waals surface area contributed by atoms with Crippen molar-refractivity contribution >= 4 is 56.2 Å². The number of sulfonamides is 1. The molecule has 0 unspecified atom stereocenters. The molecule has 1 aromatic carbocycles. The number of hydrogen-bond donors (Lipinski definition) is 3. The minimum atomic E-state index is -4.10. The molecule has 0 aliphatic heterocycles. The van der Waals surface area contributed by atoms with E-state index in [9.17, 15) is 18.3 Å². The maximum absolute atomic E-state index is 12.2. The van der Waals surface area contributed by atoms with Gasteiger partial charge in [-0.05, 0) is 18.2 Å². The molecule has 3 N–H and O–H groups in total. The van der Waals surface area contributed by atoms with E-state index < -0.39 is 27.3 Å². The number of carboxylic acids is 1. The Morgan fingerprint density at radius 2 is 1.95 bits per heavy atom. The average molecular weight is 368 g/mol. The first kappa shape index (κ1) is 15.9. The lowest BCUT2D eigenvalue weighted by Crippen LogP contribution is -2.13. The molecule has 10 heteroatoms. The summed E-state index contributed by atoms with van der Waals surface area (Å²) >= 11 is 12.3. The standard InChI is InChI=1S/C11H7Cl2NO5S2/c12-8-4-7(10(13)20-8)21(18,19)14-6-3-1-2-5(9(6)15)11(16)17/h1-4,14-15H,(H,16,17). The number of benzene rings is 1. The van der Waals surface area contributed by atoms with Crippen LogP contribution in [-0.4, -0.2) is 24.6 Å². The molecule has 0 aliphatic rings. The first-order chi connectivity index (χ1) is 9.72. The summed E-state index contributed by atoms with van der Waals surface area (Å²) in [6.45, 7) is 0. The molecule has 112 valence electrons. The van der Waals surface area contributed by atoms with Crippen molar-refractivity contribution in [3.05, 3.63) is 38.5 Å². The smallest absolute Gasteiger partial charge is 0.339 e. The van der Waals surface area contributed by atoms with Gasteiger partial charge in [-0.1, -0.05) is 29.3 Å². The van der Waals surface area contributed by atoms with Crippen LogP contribution in [0.25, 0.3) is 0 Å². The highest BCUT2D eigenvalue weighted by atomic mass is 35.5. The van der Waals surface area contributed by atoms with Crippen LogP contribution in [0.1, 0.15) is 10.4 Å². The number of carboxylic acid groups (broad SMARTS) is 1. The van der Waals surface area contributed by atoms with E-state index in [0.29, 0.717) is 0 Å². The Morgan fingerprint density at radius 3 is 2.48 bits per heavy atom. The first-order valence-corrected chi connectivity index (χ1v) is 8.31. The number of aromatic hydroxyl groups is 1. The van der Waals surface area contributed by atoms with Crippen molar-refractivity contribution in [3.8, 4) is 5.75 Å². The second kappa shape index (κ2) is 5.72. The molecule has 0 saturated carbocycles. The van der Waals surface area contributed by atoms with Crippen LogP contribution < -0.4 is 4.72 Å². The molecule has 1 heterocycles. The fourth-order valence-electron chi connectivity index (χ4n) is 1.51. The number of rotatable bonds is 4. The molecule has 0 radical (unpaired) electrons. The van der Waals surface area contributed by atoms with E-state index in [-0.39, 0.29) is 19.3 Å². The van der Waals surface area contributed by atoms with Crippen molar-refractivity contribution in [1.82, 2.24) is 0 Å². The van der Waals surface area contributed by atoms with Gasteiger partial charge in [0.15, 0.2) is 5.75 Å². The average Bonchev–Trinajstić information content (AvgIpc) is 2.71. The van der Waals surface area contributed by atoms with E-state index in [0.717, 1.165) is 23.5 Å². The maximum Gasteiger partial charge on any atom is 0.339 e. The van der Waals surface area contributed by atoms with Gasteiger partial charge < -0.3 is 10.2 Å². The van der Waals surface area contributed by atoms with Crippen LogP contribution >= 0.6 is 34.5 Å². The van der Waals surface area contributed by atoms with Crippen LogP contribution in [0.4, 0.5) is 5.69 Å². The predicted molar refractivity (Wildman–Crippen MR) is 80.2 cm³/mol. The van der Waals surface area contributed by atoms with Gasteiger partial charge in [-0.15, -0.1) is 11.3 Å². The van der Waals surface area contributed by atoms with Crippen molar-refractivity contribution < 1.29 is 23.4 Å². The summed E-state index contributed by atoms with van der Waals surface area (Å²) in [5.41, 5.74) is -0.696.